The van der Waals surface area contributed by atoms with Gasteiger partial charge in [0.25, 0.3) is 0 Å². The van der Waals surface area contributed by atoms with Crippen LogP contribution in [0.1, 0.15) is 13.3 Å². The van der Waals surface area contributed by atoms with Crippen molar-refractivity contribution in [2.24, 2.45) is 5.92 Å². The average Bonchev–Trinajstić information content (AvgIpc) is 2.33. The van der Waals surface area contributed by atoms with Crippen molar-refractivity contribution in [2.45, 2.75) is 19.4 Å². The molecule has 0 saturated carbocycles. The molecular weight excluding hydrogens is 230 g/mol. The Balaban J connectivity index is 4.61. The number of nitrogens with one attached hydrogen (secondary N) is 1. The normalized spacial score (nSPS) is 13.4. The zero-order valence-electron chi connectivity index (χ0n) is 10.1. The summed E-state index contributed by atoms with van der Waals surface area (Å²) in [6.45, 7) is 0.856. The summed E-state index contributed by atoms with van der Waals surface area (Å²) in [7, 11) is 2.40. The van der Waals surface area contributed by atoms with Crippen molar-refractivity contribution < 1.29 is 29.0 Å². The van der Waals surface area contributed by atoms with Crippen LogP contribution in [0.2, 0.25) is 0 Å². The number of aliphatic hydroxyl groups excluding tert-OH is 1. The van der Waals surface area contributed by atoms with E-state index in [-0.39, 0.29) is 6.42 Å². The molecule has 0 heterocycles. The van der Waals surface area contributed by atoms with Gasteiger partial charge < -0.3 is 19.9 Å². The van der Waals surface area contributed by atoms with Crippen molar-refractivity contribution in [3.05, 3.63) is 0 Å². The highest BCUT2D eigenvalue weighted by molar-refractivity contribution is 5.85. The van der Waals surface area contributed by atoms with E-state index in [2.05, 4.69) is 14.8 Å². The zero-order valence-corrected chi connectivity index (χ0v) is 10.1. The standard InChI is InChI=1S/C10H17NO6/c1-6(4-8(14)16-2)9(10(15)17-3)11-7(13)5-12/h6,9,12H,4-5H2,1-3H3,(H,11,13)/t6-,9+/m0/s1. The van der Waals surface area contributed by atoms with Crippen LogP contribution in [-0.2, 0) is 23.9 Å². The molecule has 17 heavy (non-hydrogen) atoms. The number of rotatable bonds is 6. The molecule has 2 atom stereocenters. The fourth-order valence-corrected chi connectivity index (χ4v) is 1.24. The summed E-state index contributed by atoms with van der Waals surface area (Å²) >= 11 is 0. The third-order valence-corrected chi connectivity index (χ3v) is 2.20. The van der Waals surface area contributed by atoms with Gasteiger partial charge in [0.05, 0.1) is 20.6 Å². The molecule has 7 nitrogen and oxygen atoms in total. The van der Waals surface area contributed by atoms with Gasteiger partial charge in [0.1, 0.15) is 12.6 Å². The molecule has 2 N–H and O–H groups in total. The maximum atomic E-state index is 11.4. The molecule has 0 fully saturated rings. The first-order valence-corrected chi connectivity index (χ1v) is 5.01. The van der Waals surface area contributed by atoms with Crippen LogP contribution in [0.3, 0.4) is 0 Å². The van der Waals surface area contributed by atoms with E-state index in [9.17, 15) is 14.4 Å². The van der Waals surface area contributed by atoms with Gasteiger partial charge in [-0.3, -0.25) is 9.59 Å². The Labute approximate surface area is 99.1 Å². The quantitative estimate of drug-likeness (QED) is 0.574. The fourth-order valence-electron chi connectivity index (χ4n) is 1.24. The smallest absolute Gasteiger partial charge is 0.328 e. The van der Waals surface area contributed by atoms with E-state index in [4.69, 9.17) is 5.11 Å². The van der Waals surface area contributed by atoms with Gasteiger partial charge in [0, 0.05) is 0 Å². The summed E-state index contributed by atoms with van der Waals surface area (Å²) in [5.74, 6) is -2.38. The molecular formula is C10H17NO6. The van der Waals surface area contributed by atoms with Gasteiger partial charge >= 0.3 is 11.9 Å². The molecule has 0 saturated heterocycles. The van der Waals surface area contributed by atoms with Gasteiger partial charge in [-0.05, 0) is 5.92 Å². The lowest BCUT2D eigenvalue weighted by molar-refractivity contribution is -0.148. The Bertz CT molecular complexity index is 291. The second-order valence-corrected chi connectivity index (χ2v) is 3.48. The molecule has 0 bridgehead atoms. The van der Waals surface area contributed by atoms with Crippen molar-refractivity contribution in [1.29, 1.82) is 0 Å². The average molecular weight is 247 g/mol. The molecule has 0 aromatic carbocycles. The highest BCUT2D eigenvalue weighted by Gasteiger charge is 2.29. The van der Waals surface area contributed by atoms with Gasteiger partial charge in [0.2, 0.25) is 5.91 Å². The summed E-state index contributed by atoms with van der Waals surface area (Å²) in [4.78, 5) is 33.5. The highest BCUT2D eigenvalue weighted by Crippen LogP contribution is 2.10. The molecule has 0 aliphatic carbocycles. The minimum Gasteiger partial charge on any atom is -0.469 e. The minimum atomic E-state index is -0.987. The van der Waals surface area contributed by atoms with Crippen LogP contribution >= 0.6 is 0 Å². The number of hydrogen-bond acceptors (Lipinski definition) is 6. The van der Waals surface area contributed by atoms with Crippen molar-refractivity contribution >= 4 is 17.8 Å². The van der Waals surface area contributed by atoms with E-state index in [0.29, 0.717) is 0 Å². The van der Waals surface area contributed by atoms with Crippen LogP contribution in [0, 0.1) is 5.92 Å². The number of hydrogen-bond donors (Lipinski definition) is 2. The summed E-state index contributed by atoms with van der Waals surface area (Å²) in [5.41, 5.74) is 0. The monoisotopic (exact) mass is 247 g/mol. The second kappa shape index (κ2) is 7.61. The lowest BCUT2D eigenvalue weighted by Crippen LogP contribution is -2.47. The van der Waals surface area contributed by atoms with Crippen LogP contribution in [0.25, 0.3) is 0 Å². The van der Waals surface area contributed by atoms with Crippen molar-refractivity contribution in [1.82, 2.24) is 5.32 Å². The molecule has 7 heteroatoms. The maximum Gasteiger partial charge on any atom is 0.328 e. The second-order valence-electron chi connectivity index (χ2n) is 3.48. The summed E-state index contributed by atoms with van der Waals surface area (Å²) in [5, 5.41) is 10.9. The molecule has 0 aromatic heterocycles. The van der Waals surface area contributed by atoms with Crippen molar-refractivity contribution in [3.8, 4) is 0 Å². The number of esters is 2. The largest absolute Gasteiger partial charge is 0.469 e. The van der Waals surface area contributed by atoms with Crippen LogP contribution in [0.5, 0.6) is 0 Å². The van der Waals surface area contributed by atoms with Gasteiger partial charge in [-0.2, -0.15) is 0 Å². The number of carbonyl (C=O) groups excluding carboxylic acids is 3. The zero-order chi connectivity index (χ0) is 13.4. The van der Waals surface area contributed by atoms with Crippen LogP contribution in [0.15, 0.2) is 0 Å². The minimum absolute atomic E-state index is 0.0397. The first-order chi connectivity index (χ1) is 7.96. The van der Waals surface area contributed by atoms with E-state index in [1.54, 1.807) is 6.92 Å². The maximum absolute atomic E-state index is 11.4. The Morgan fingerprint density at radius 1 is 1.24 bits per heavy atom. The Kier molecular flexibility index (Phi) is 6.88. The Morgan fingerprint density at radius 3 is 2.24 bits per heavy atom. The van der Waals surface area contributed by atoms with E-state index in [0.717, 1.165) is 0 Å². The molecule has 0 spiro atoms. The molecule has 0 rings (SSSR count). The molecule has 0 aromatic rings. The predicted molar refractivity (Wildman–Crippen MR) is 56.8 cm³/mol. The Morgan fingerprint density at radius 2 is 1.82 bits per heavy atom. The first-order valence-electron chi connectivity index (χ1n) is 5.01. The molecule has 1 amide bonds. The molecule has 0 radical (unpaired) electrons. The highest BCUT2D eigenvalue weighted by atomic mass is 16.5. The van der Waals surface area contributed by atoms with Gasteiger partial charge in [-0.25, -0.2) is 4.79 Å². The van der Waals surface area contributed by atoms with E-state index in [1.165, 1.54) is 14.2 Å². The van der Waals surface area contributed by atoms with Gasteiger partial charge in [-0.15, -0.1) is 0 Å². The van der Waals surface area contributed by atoms with E-state index < -0.39 is 36.4 Å². The number of ether oxygens (including phenoxy) is 2. The SMILES string of the molecule is COC(=O)C[C@H](C)[C@@H](NC(=O)CO)C(=O)OC. The third kappa shape index (κ3) is 5.30. The number of amides is 1. The summed E-state index contributed by atoms with van der Waals surface area (Å²) in [6, 6.07) is -0.987. The first kappa shape index (κ1) is 15.4. The van der Waals surface area contributed by atoms with Gasteiger partial charge in [0.15, 0.2) is 0 Å². The molecule has 0 aliphatic rings. The fraction of sp³-hybridized carbons (Fsp3) is 0.700. The number of methoxy groups -OCH3 is 2. The predicted octanol–water partition coefficient (Wildman–Crippen LogP) is -1.16. The van der Waals surface area contributed by atoms with Crippen molar-refractivity contribution in [2.75, 3.05) is 20.8 Å². The topological polar surface area (TPSA) is 102 Å². The van der Waals surface area contributed by atoms with Crippen LogP contribution in [-0.4, -0.2) is 49.8 Å². The van der Waals surface area contributed by atoms with Crippen molar-refractivity contribution in [3.63, 3.8) is 0 Å². The van der Waals surface area contributed by atoms with Crippen LogP contribution in [0.4, 0.5) is 0 Å². The summed E-state index contributed by atoms with van der Waals surface area (Å²) in [6.07, 6.45) is -0.0397. The van der Waals surface area contributed by atoms with Crippen LogP contribution < -0.4 is 5.32 Å². The Hall–Kier alpha value is -1.63. The molecule has 98 valence electrons. The molecule has 0 aliphatic heterocycles. The third-order valence-electron chi connectivity index (χ3n) is 2.20. The number of carbonyl (C=O) groups is 3. The lowest BCUT2D eigenvalue weighted by atomic mass is 9.98. The number of aliphatic hydroxyl groups is 1. The van der Waals surface area contributed by atoms with E-state index in [1.807, 2.05) is 0 Å². The van der Waals surface area contributed by atoms with E-state index >= 15 is 0 Å². The van der Waals surface area contributed by atoms with Gasteiger partial charge in [-0.1, -0.05) is 6.92 Å². The summed E-state index contributed by atoms with van der Waals surface area (Å²) < 4.78 is 8.97. The lowest BCUT2D eigenvalue weighted by Gasteiger charge is -2.21. The molecule has 0 unspecified atom stereocenters.